The van der Waals surface area contributed by atoms with Crippen LogP contribution in [0.1, 0.15) is 57.9 Å². The minimum atomic E-state index is -0.108. The fourth-order valence-electron chi connectivity index (χ4n) is 5.66. The summed E-state index contributed by atoms with van der Waals surface area (Å²) in [6.07, 6.45) is 6.83. The number of nitrogens with one attached hydrogen (secondary N) is 1. The van der Waals surface area contributed by atoms with Crippen LogP contribution in [0.25, 0.3) is 0 Å². The molecule has 1 saturated carbocycles. The molecule has 176 valence electrons. The maximum absolute atomic E-state index is 13.2. The third-order valence-electron chi connectivity index (χ3n) is 7.87. The van der Waals surface area contributed by atoms with Crippen LogP contribution in [0.2, 0.25) is 0 Å². The number of piperidine rings is 1. The maximum Gasteiger partial charge on any atom is 0.240 e. The Morgan fingerprint density at radius 2 is 1.72 bits per heavy atom. The molecule has 4 unspecified atom stereocenters. The van der Waals surface area contributed by atoms with E-state index in [1.807, 2.05) is 30.0 Å². The molecule has 4 atom stereocenters. The molecule has 2 aliphatic heterocycles. The highest BCUT2D eigenvalue weighted by Gasteiger charge is 2.36. The molecular formula is C26H40N4O2. The summed E-state index contributed by atoms with van der Waals surface area (Å²) in [5.41, 5.74) is 1.19. The molecule has 2 amide bonds. The predicted molar refractivity (Wildman–Crippen MR) is 127 cm³/mol. The Morgan fingerprint density at radius 3 is 2.44 bits per heavy atom. The van der Waals surface area contributed by atoms with Crippen LogP contribution in [-0.4, -0.2) is 77.4 Å². The molecule has 0 spiro atoms. The van der Waals surface area contributed by atoms with Gasteiger partial charge in [-0.15, -0.1) is 0 Å². The Morgan fingerprint density at radius 1 is 1.00 bits per heavy atom. The van der Waals surface area contributed by atoms with Gasteiger partial charge in [0.1, 0.15) is 0 Å². The Labute approximate surface area is 193 Å². The average molecular weight is 441 g/mol. The lowest BCUT2D eigenvalue weighted by Gasteiger charge is -2.44. The monoisotopic (exact) mass is 440 g/mol. The molecule has 3 aliphatic rings. The van der Waals surface area contributed by atoms with Crippen molar-refractivity contribution in [3.8, 4) is 0 Å². The number of rotatable bonds is 6. The molecule has 2 saturated heterocycles. The highest BCUT2D eigenvalue weighted by atomic mass is 16.2. The number of hydrogen-bond donors (Lipinski definition) is 1. The van der Waals surface area contributed by atoms with Gasteiger partial charge in [-0.3, -0.25) is 19.4 Å². The molecule has 6 heteroatoms. The quantitative estimate of drug-likeness (QED) is 0.739. The van der Waals surface area contributed by atoms with Crippen molar-refractivity contribution < 1.29 is 9.59 Å². The fourth-order valence-corrected chi connectivity index (χ4v) is 5.66. The molecule has 1 aliphatic carbocycles. The molecular weight excluding hydrogens is 400 g/mol. The number of likely N-dealkylation sites (tertiary alicyclic amines) is 1. The van der Waals surface area contributed by atoms with Crippen LogP contribution < -0.4 is 5.32 Å². The van der Waals surface area contributed by atoms with Crippen molar-refractivity contribution in [2.45, 2.75) is 77.0 Å². The van der Waals surface area contributed by atoms with Crippen molar-refractivity contribution in [3.63, 3.8) is 0 Å². The van der Waals surface area contributed by atoms with E-state index >= 15 is 0 Å². The van der Waals surface area contributed by atoms with E-state index in [9.17, 15) is 9.59 Å². The van der Waals surface area contributed by atoms with Crippen molar-refractivity contribution in [1.82, 2.24) is 20.0 Å². The fraction of sp³-hybridized carbons (Fsp3) is 0.692. The predicted octanol–water partition coefficient (Wildman–Crippen LogP) is 2.88. The van der Waals surface area contributed by atoms with E-state index in [2.05, 4.69) is 34.2 Å². The highest BCUT2D eigenvalue weighted by Crippen LogP contribution is 2.24. The molecule has 6 nitrogen and oxygen atoms in total. The first-order valence-corrected chi connectivity index (χ1v) is 12.6. The molecule has 0 bridgehead atoms. The van der Waals surface area contributed by atoms with E-state index in [1.165, 1.54) is 24.8 Å². The molecule has 3 fully saturated rings. The molecule has 1 aromatic rings. The van der Waals surface area contributed by atoms with Gasteiger partial charge in [-0.25, -0.2) is 0 Å². The summed E-state index contributed by atoms with van der Waals surface area (Å²) in [6.45, 7) is 9.24. The van der Waals surface area contributed by atoms with Crippen LogP contribution in [0.4, 0.5) is 0 Å². The molecule has 32 heavy (non-hydrogen) atoms. The Hall–Kier alpha value is -1.92. The van der Waals surface area contributed by atoms with Gasteiger partial charge in [0.05, 0.1) is 12.1 Å². The van der Waals surface area contributed by atoms with Crippen LogP contribution in [0, 0.1) is 5.92 Å². The van der Waals surface area contributed by atoms with Crippen molar-refractivity contribution >= 4 is 11.8 Å². The molecule has 2 heterocycles. The smallest absolute Gasteiger partial charge is 0.240 e. The first kappa shape index (κ1) is 23.2. The van der Waals surface area contributed by atoms with E-state index in [0.717, 1.165) is 52.0 Å². The second-order valence-electron chi connectivity index (χ2n) is 10.0. The number of carbonyl (C=O) groups is 2. The third-order valence-corrected chi connectivity index (χ3v) is 7.87. The minimum Gasteiger partial charge on any atom is -0.352 e. The van der Waals surface area contributed by atoms with Gasteiger partial charge >= 0.3 is 0 Å². The van der Waals surface area contributed by atoms with Crippen LogP contribution in [0.15, 0.2) is 30.3 Å². The van der Waals surface area contributed by atoms with Gasteiger partial charge in [-0.1, -0.05) is 50.1 Å². The maximum atomic E-state index is 13.2. The van der Waals surface area contributed by atoms with Crippen molar-refractivity contribution in [1.29, 1.82) is 0 Å². The summed E-state index contributed by atoms with van der Waals surface area (Å²) in [5, 5.41) is 3.32. The second-order valence-corrected chi connectivity index (χ2v) is 10.0. The molecule has 0 radical (unpaired) electrons. The lowest BCUT2D eigenvalue weighted by Crippen LogP contribution is -2.60. The Balaban J connectivity index is 1.27. The number of benzene rings is 1. The largest absolute Gasteiger partial charge is 0.352 e. The molecule has 1 N–H and O–H groups in total. The number of carbonyl (C=O) groups excluding carboxylic acids is 2. The van der Waals surface area contributed by atoms with Crippen molar-refractivity contribution in [2.24, 2.45) is 5.92 Å². The van der Waals surface area contributed by atoms with Gasteiger partial charge in [0.2, 0.25) is 11.8 Å². The number of amides is 2. The summed E-state index contributed by atoms with van der Waals surface area (Å²) in [4.78, 5) is 32.8. The summed E-state index contributed by atoms with van der Waals surface area (Å²) in [5.74, 6) is 1.01. The Kier molecular flexibility index (Phi) is 7.84. The summed E-state index contributed by atoms with van der Waals surface area (Å²) in [7, 11) is 0. The minimum absolute atomic E-state index is 0.0122. The zero-order valence-corrected chi connectivity index (χ0v) is 19.8. The van der Waals surface area contributed by atoms with Gasteiger partial charge in [0, 0.05) is 45.3 Å². The van der Waals surface area contributed by atoms with Crippen LogP contribution in [0.3, 0.4) is 0 Å². The van der Waals surface area contributed by atoms with Gasteiger partial charge in [0.15, 0.2) is 0 Å². The average Bonchev–Trinajstić information content (AvgIpc) is 2.82. The second kappa shape index (κ2) is 10.8. The zero-order chi connectivity index (χ0) is 22.5. The number of piperazine rings is 1. The van der Waals surface area contributed by atoms with Gasteiger partial charge in [0.25, 0.3) is 0 Å². The SMILES string of the molecule is CC1CCCCC1NC(=O)C(C)N1CCN(C2CCCN(Cc3ccccc3)C2=O)CC1. The van der Waals surface area contributed by atoms with E-state index in [0.29, 0.717) is 18.5 Å². The van der Waals surface area contributed by atoms with E-state index in [1.54, 1.807) is 0 Å². The van der Waals surface area contributed by atoms with E-state index in [4.69, 9.17) is 0 Å². The van der Waals surface area contributed by atoms with Crippen LogP contribution >= 0.6 is 0 Å². The van der Waals surface area contributed by atoms with Crippen molar-refractivity contribution in [2.75, 3.05) is 32.7 Å². The van der Waals surface area contributed by atoms with Gasteiger partial charge < -0.3 is 10.2 Å². The number of hydrogen-bond acceptors (Lipinski definition) is 4. The van der Waals surface area contributed by atoms with E-state index < -0.39 is 0 Å². The highest BCUT2D eigenvalue weighted by molar-refractivity contribution is 5.83. The first-order chi connectivity index (χ1) is 15.5. The summed E-state index contributed by atoms with van der Waals surface area (Å²) in [6, 6.07) is 10.5. The number of nitrogens with zero attached hydrogens (tertiary/aromatic N) is 3. The molecule has 1 aromatic carbocycles. The topological polar surface area (TPSA) is 55.9 Å². The lowest BCUT2D eigenvalue weighted by atomic mass is 9.86. The van der Waals surface area contributed by atoms with Crippen LogP contribution in [-0.2, 0) is 16.1 Å². The molecule has 0 aromatic heterocycles. The summed E-state index contributed by atoms with van der Waals surface area (Å²) >= 11 is 0. The van der Waals surface area contributed by atoms with Crippen LogP contribution in [0.5, 0.6) is 0 Å². The standard InChI is InChI=1S/C26H40N4O2/c1-20-9-6-7-12-23(20)27-25(31)21(2)28-15-17-29(18-16-28)24-13-8-14-30(26(24)32)19-22-10-4-3-5-11-22/h3-5,10-11,20-21,23-24H,6-9,12-19H2,1-2H3,(H,27,31). The normalized spacial score (nSPS) is 29.0. The van der Waals surface area contributed by atoms with E-state index in [-0.39, 0.29) is 23.9 Å². The zero-order valence-electron chi connectivity index (χ0n) is 19.8. The third kappa shape index (κ3) is 5.52. The first-order valence-electron chi connectivity index (χ1n) is 12.6. The lowest BCUT2D eigenvalue weighted by molar-refractivity contribution is -0.142. The van der Waals surface area contributed by atoms with Gasteiger partial charge in [-0.05, 0) is 44.1 Å². The molecule has 4 rings (SSSR count). The Bertz CT molecular complexity index is 762. The summed E-state index contributed by atoms with van der Waals surface area (Å²) < 4.78 is 0. The van der Waals surface area contributed by atoms with Crippen molar-refractivity contribution in [3.05, 3.63) is 35.9 Å². The van der Waals surface area contributed by atoms with Gasteiger partial charge in [-0.2, -0.15) is 0 Å².